The van der Waals surface area contributed by atoms with Gasteiger partial charge in [0.2, 0.25) is 0 Å². The lowest BCUT2D eigenvalue weighted by Crippen LogP contribution is -2.14. The Labute approximate surface area is 116 Å². The maximum Gasteiger partial charge on any atom is 0.310 e. The van der Waals surface area contributed by atoms with Crippen LogP contribution in [0.2, 0.25) is 0 Å². The summed E-state index contributed by atoms with van der Waals surface area (Å²) >= 11 is 0. The summed E-state index contributed by atoms with van der Waals surface area (Å²) in [6, 6.07) is 7.14. The summed E-state index contributed by atoms with van der Waals surface area (Å²) in [5.74, 6) is -0.256. The molecule has 1 aromatic rings. The molecule has 106 valence electrons. The van der Waals surface area contributed by atoms with Crippen molar-refractivity contribution in [1.29, 1.82) is 0 Å². The molecule has 0 aliphatic carbocycles. The molecule has 5 heteroatoms. The number of rotatable bonds is 7. The van der Waals surface area contributed by atoms with Gasteiger partial charge in [0.05, 0.1) is 19.1 Å². The van der Waals surface area contributed by atoms with Crippen LogP contribution in [0.15, 0.2) is 29.2 Å². The first-order valence-electron chi connectivity index (χ1n) is 6.13. The van der Waals surface area contributed by atoms with E-state index in [0.29, 0.717) is 13.0 Å². The number of hydrogen-bond acceptors (Lipinski definition) is 4. The fourth-order valence-electron chi connectivity index (χ4n) is 1.47. The maximum absolute atomic E-state index is 11.6. The van der Waals surface area contributed by atoms with Gasteiger partial charge >= 0.3 is 5.97 Å². The van der Waals surface area contributed by atoms with Crippen molar-refractivity contribution in [3.8, 4) is 0 Å². The average Bonchev–Trinajstić information content (AvgIpc) is 2.39. The first-order valence-corrected chi connectivity index (χ1v) is 7.69. The Morgan fingerprint density at radius 2 is 1.95 bits per heavy atom. The van der Waals surface area contributed by atoms with Crippen LogP contribution in [0.3, 0.4) is 0 Å². The predicted octanol–water partition coefficient (Wildman–Crippen LogP) is 1.93. The number of carbonyl (C=O) groups is 1. The molecule has 0 bridgehead atoms. The van der Waals surface area contributed by atoms with Crippen LogP contribution in [0.4, 0.5) is 0 Å². The highest BCUT2D eigenvalue weighted by Crippen LogP contribution is 2.09. The second kappa shape index (κ2) is 8.07. The lowest BCUT2D eigenvalue weighted by molar-refractivity contribution is -0.143. The van der Waals surface area contributed by atoms with E-state index in [9.17, 15) is 9.00 Å². The van der Waals surface area contributed by atoms with Gasteiger partial charge in [-0.2, -0.15) is 0 Å². The summed E-state index contributed by atoms with van der Waals surface area (Å²) in [4.78, 5) is 12.3. The molecular weight excluding hydrogens is 264 g/mol. The van der Waals surface area contributed by atoms with Gasteiger partial charge in [-0.3, -0.25) is 9.00 Å². The highest BCUT2D eigenvalue weighted by atomic mass is 32.2. The smallest absolute Gasteiger partial charge is 0.310 e. The summed E-state index contributed by atoms with van der Waals surface area (Å²) < 4.78 is 21.4. The van der Waals surface area contributed by atoms with Gasteiger partial charge in [0.25, 0.3) is 0 Å². The summed E-state index contributed by atoms with van der Waals surface area (Å²) in [7, 11) is 0.639. The zero-order valence-corrected chi connectivity index (χ0v) is 12.4. The van der Waals surface area contributed by atoms with Crippen molar-refractivity contribution < 1.29 is 18.5 Å². The van der Waals surface area contributed by atoms with Crippen LogP contribution in [0.25, 0.3) is 0 Å². The minimum Gasteiger partial charge on any atom is -0.465 e. The second-order valence-corrected chi connectivity index (χ2v) is 5.71. The van der Waals surface area contributed by atoms with Crippen LogP contribution >= 0.6 is 0 Å². The molecule has 0 saturated carbocycles. The van der Waals surface area contributed by atoms with Crippen molar-refractivity contribution in [3.05, 3.63) is 29.8 Å². The van der Waals surface area contributed by atoms with Gasteiger partial charge in [-0.25, -0.2) is 0 Å². The largest absolute Gasteiger partial charge is 0.465 e. The van der Waals surface area contributed by atoms with Gasteiger partial charge in [0.15, 0.2) is 0 Å². The Kier molecular flexibility index (Phi) is 6.73. The Morgan fingerprint density at radius 3 is 2.47 bits per heavy atom. The van der Waals surface area contributed by atoms with E-state index in [1.54, 1.807) is 37.6 Å². The van der Waals surface area contributed by atoms with Crippen LogP contribution in [0.1, 0.15) is 18.9 Å². The summed E-state index contributed by atoms with van der Waals surface area (Å²) in [5.41, 5.74) is 0.860. The third-order valence-corrected chi connectivity index (χ3v) is 3.73. The standard InChI is InChI=1S/C14H20O4S/c1-11(17-2)8-9-18-14(15)10-12-4-6-13(7-5-12)19(3)16/h4-7,11H,8-10H2,1-3H3/t11-,19-/m1/s1. The van der Waals surface area contributed by atoms with Gasteiger partial charge in [-0.05, 0) is 24.6 Å². The van der Waals surface area contributed by atoms with Gasteiger partial charge in [-0.15, -0.1) is 0 Å². The number of benzene rings is 1. The first kappa shape index (κ1) is 15.9. The van der Waals surface area contributed by atoms with Crippen LogP contribution in [-0.4, -0.2) is 36.3 Å². The van der Waals surface area contributed by atoms with Crippen molar-refractivity contribution in [2.24, 2.45) is 0 Å². The maximum atomic E-state index is 11.6. The molecule has 0 unspecified atom stereocenters. The molecular formula is C14H20O4S. The topological polar surface area (TPSA) is 52.6 Å². The zero-order valence-electron chi connectivity index (χ0n) is 11.5. The highest BCUT2D eigenvalue weighted by Gasteiger charge is 2.07. The number of ether oxygens (including phenoxy) is 2. The molecule has 0 spiro atoms. The van der Waals surface area contributed by atoms with Gasteiger partial charge in [-0.1, -0.05) is 12.1 Å². The monoisotopic (exact) mass is 284 g/mol. The summed E-state index contributed by atoms with van der Waals surface area (Å²) in [5, 5.41) is 0. The van der Waals surface area contributed by atoms with E-state index in [0.717, 1.165) is 10.5 Å². The summed E-state index contributed by atoms with van der Waals surface area (Å²) in [6.45, 7) is 2.29. The normalized spacial score (nSPS) is 13.8. The van der Waals surface area contributed by atoms with Crippen molar-refractivity contribution in [3.63, 3.8) is 0 Å². The Morgan fingerprint density at radius 1 is 1.32 bits per heavy atom. The molecule has 0 aliphatic heterocycles. The lowest BCUT2D eigenvalue weighted by Gasteiger charge is -2.09. The molecule has 2 atom stereocenters. The Hall–Kier alpha value is -1.20. The minimum absolute atomic E-state index is 0.0895. The van der Waals surface area contributed by atoms with Gasteiger partial charge in [0, 0.05) is 35.5 Å². The van der Waals surface area contributed by atoms with E-state index in [2.05, 4.69) is 0 Å². The van der Waals surface area contributed by atoms with Crippen molar-refractivity contribution >= 4 is 16.8 Å². The van der Waals surface area contributed by atoms with Crippen LogP contribution in [0, 0.1) is 0 Å². The Bertz CT molecular complexity index is 428. The van der Waals surface area contributed by atoms with Gasteiger partial charge < -0.3 is 9.47 Å². The van der Waals surface area contributed by atoms with E-state index >= 15 is 0 Å². The molecule has 0 aromatic heterocycles. The molecule has 0 radical (unpaired) electrons. The lowest BCUT2D eigenvalue weighted by atomic mass is 10.1. The van der Waals surface area contributed by atoms with E-state index < -0.39 is 10.8 Å². The zero-order chi connectivity index (χ0) is 14.3. The fraction of sp³-hybridized carbons (Fsp3) is 0.500. The summed E-state index contributed by atoms with van der Waals surface area (Å²) in [6.07, 6.45) is 2.64. The van der Waals surface area contributed by atoms with Crippen molar-refractivity contribution in [1.82, 2.24) is 0 Å². The van der Waals surface area contributed by atoms with E-state index in [1.165, 1.54) is 0 Å². The van der Waals surface area contributed by atoms with Crippen LogP contribution in [0.5, 0.6) is 0 Å². The molecule has 0 N–H and O–H groups in total. The number of carbonyl (C=O) groups excluding carboxylic acids is 1. The third-order valence-electron chi connectivity index (χ3n) is 2.79. The molecule has 0 heterocycles. The number of esters is 1. The van der Waals surface area contributed by atoms with Crippen LogP contribution < -0.4 is 0 Å². The first-order chi connectivity index (χ1) is 9.02. The minimum atomic E-state index is -0.991. The third kappa shape index (κ3) is 5.98. The molecule has 0 fully saturated rings. The van der Waals surface area contributed by atoms with Gasteiger partial charge in [0.1, 0.15) is 0 Å². The predicted molar refractivity (Wildman–Crippen MR) is 74.5 cm³/mol. The SMILES string of the molecule is CO[C@H](C)CCOC(=O)Cc1ccc([S@@](C)=O)cc1. The quantitative estimate of drug-likeness (QED) is 0.718. The van der Waals surface area contributed by atoms with Crippen molar-refractivity contribution in [2.75, 3.05) is 20.0 Å². The molecule has 1 aromatic carbocycles. The molecule has 1 rings (SSSR count). The molecule has 0 saturated heterocycles. The molecule has 19 heavy (non-hydrogen) atoms. The highest BCUT2D eigenvalue weighted by molar-refractivity contribution is 7.84. The molecule has 0 amide bonds. The number of methoxy groups -OCH3 is 1. The molecule has 4 nitrogen and oxygen atoms in total. The van der Waals surface area contributed by atoms with E-state index in [1.807, 2.05) is 6.92 Å². The second-order valence-electron chi connectivity index (χ2n) is 4.33. The van der Waals surface area contributed by atoms with Crippen LogP contribution in [-0.2, 0) is 31.5 Å². The fourth-order valence-corrected chi connectivity index (χ4v) is 1.99. The van der Waals surface area contributed by atoms with Crippen molar-refractivity contribution in [2.45, 2.75) is 30.8 Å². The Balaban J connectivity index is 2.38. The van der Waals surface area contributed by atoms with E-state index in [4.69, 9.17) is 9.47 Å². The molecule has 0 aliphatic rings. The number of hydrogen-bond donors (Lipinski definition) is 0. The average molecular weight is 284 g/mol. The van der Waals surface area contributed by atoms with E-state index in [-0.39, 0.29) is 18.5 Å².